The zero-order chi connectivity index (χ0) is 72.4. The van der Waals surface area contributed by atoms with Crippen molar-refractivity contribution in [1.29, 1.82) is 0 Å². The number of likely N-dealkylation sites (tertiary alicyclic amines) is 4. The number of fused-ring (bicyclic) bond motifs is 13. The fourth-order valence-corrected chi connectivity index (χ4v) is 13.9. The molecule has 1 aromatic rings. The van der Waals surface area contributed by atoms with E-state index in [1.807, 2.05) is 125 Å². The second-order valence-corrected chi connectivity index (χ2v) is 24.1. The molecule has 2 saturated carbocycles. The average Bonchev–Trinajstić information content (AvgIpc) is 1.60. The van der Waals surface area contributed by atoms with Gasteiger partial charge in [-0.15, -0.1) is 6.42 Å². The quantitative estimate of drug-likeness (QED) is 0.133. The minimum absolute atomic E-state index is 0. The van der Waals surface area contributed by atoms with Gasteiger partial charge in [-0.2, -0.15) is 0 Å². The van der Waals surface area contributed by atoms with Gasteiger partial charge in [0, 0.05) is 61.4 Å². The third-order valence-electron chi connectivity index (χ3n) is 18.7. The third kappa shape index (κ3) is 20.3. The van der Waals surface area contributed by atoms with Gasteiger partial charge in [0.25, 0.3) is 23.6 Å². The minimum atomic E-state index is -0.290. The standard InChI is InChI=1S/C13H19NO2.C11H13NO2.C11H15NO2.C11H7NO2.C10H11NO2.C5H5NO2.6C2H6.7CH4.H2O/c1-12(2)6-7-13(3,4)9-8(12)10(15)14(5)11(9)16;1-5-6-3-4-7(5)9-8(6)10(13)12(2)11(9)14;1-6-4-5-7(2)9-8(6)10(13)12(3)11(9)14;1-3-7-4-5-8-9(6-7)11(14)12(2)10(8)13;1-11-9(12)7-5-2-3-6(4-5)8(7)10(11)13;1-6-4(7)2-3-5(6)8;6*1-2;;;;;;;;/h6-9H,1-5H3;3-9H,1-2H3;4-9H,1-3H3;1,4-6H,2H3;2-3,5-8H,4H2,1H3;2-3H,1H3;6*1-2H3;7*1H4;1H2/i;;;;;;;;;;;;1T;;;;;;;. The molecule has 0 aromatic heterocycles. The van der Waals surface area contributed by atoms with E-state index < -0.39 is 0 Å². The molecule has 19 heteroatoms. The van der Waals surface area contributed by atoms with Gasteiger partial charge in [0.1, 0.15) is 0 Å². The number of allylic oxidation sites excluding steroid dienone is 8. The molecule has 6 fully saturated rings. The van der Waals surface area contributed by atoms with E-state index in [1.54, 1.807) is 46.4 Å². The van der Waals surface area contributed by atoms with E-state index in [-0.39, 0.29) is 191 Å². The van der Waals surface area contributed by atoms with Crippen LogP contribution in [0, 0.1) is 112 Å². The number of hydrogen-bond acceptors (Lipinski definition) is 12. The van der Waals surface area contributed by atoms with Gasteiger partial charge in [-0.1, -0.05) is 238 Å². The summed E-state index contributed by atoms with van der Waals surface area (Å²) in [6.07, 6.45) is 25.5. The first-order valence-electron chi connectivity index (χ1n) is 33.8. The highest BCUT2D eigenvalue weighted by Gasteiger charge is 2.62. The number of rotatable bonds is 0. The molecule has 0 radical (unpaired) electrons. The fourth-order valence-electron chi connectivity index (χ4n) is 13.9. The van der Waals surface area contributed by atoms with E-state index in [4.69, 9.17) is 7.79 Å². The second kappa shape index (κ2) is 44.4. The van der Waals surface area contributed by atoms with Crippen LogP contribution in [0.1, 0.15) is 218 Å². The molecule has 1 aromatic carbocycles. The Balaban J connectivity index is -0.000000199. The number of carbonyl (C=O) groups is 12. The molecule has 19 nitrogen and oxygen atoms in total. The molecule has 2 N–H and O–H groups in total. The van der Waals surface area contributed by atoms with Gasteiger partial charge in [-0.3, -0.25) is 86.9 Å². The van der Waals surface area contributed by atoms with Crippen LogP contribution in [-0.4, -0.2) is 148 Å². The Morgan fingerprint density at radius 2 is 0.697 bits per heavy atom. The first-order chi connectivity index (χ1) is 43.9. The average molecular weight is 1390 g/mol. The summed E-state index contributed by atoms with van der Waals surface area (Å²) in [5, 5.41) is 0. The summed E-state index contributed by atoms with van der Waals surface area (Å²) < 4.78 is 5.75. The predicted molar refractivity (Wildman–Crippen MR) is 406 cm³/mol. The Morgan fingerprint density at radius 3 is 1.00 bits per heavy atom. The van der Waals surface area contributed by atoms with Crippen LogP contribution in [0.25, 0.3) is 0 Å². The summed E-state index contributed by atoms with van der Waals surface area (Å²) in [4.78, 5) is 146. The summed E-state index contributed by atoms with van der Waals surface area (Å²) in [6.45, 7) is 38.3. The van der Waals surface area contributed by atoms with Gasteiger partial charge >= 0.3 is 0 Å². The smallest absolute Gasteiger partial charge is 0.261 e. The van der Waals surface area contributed by atoms with Crippen LogP contribution in [0.2, 0.25) is 0 Å². The topological polar surface area (TPSA) is 256 Å². The van der Waals surface area contributed by atoms with Crippen LogP contribution in [-0.2, 0) is 47.9 Å². The van der Waals surface area contributed by atoms with E-state index in [2.05, 4.69) is 61.5 Å². The molecule has 14 atom stereocenters. The molecule has 14 unspecified atom stereocenters. The Hall–Kier alpha value is -7.72. The monoisotopic (exact) mass is 1390 g/mol. The number of hydrogen-bond donors (Lipinski definition) is 0. The maximum Gasteiger partial charge on any atom is 0.261 e. The maximum absolute atomic E-state index is 12.1. The molecule has 4 saturated heterocycles. The van der Waals surface area contributed by atoms with Crippen LogP contribution < -0.4 is 0 Å². The number of carbonyl (C=O) groups excluding carboxylic acids is 12. The molecule has 12 aliphatic rings. The van der Waals surface area contributed by atoms with E-state index in [9.17, 15) is 57.5 Å². The van der Waals surface area contributed by atoms with Crippen molar-refractivity contribution in [2.45, 2.75) is 190 Å². The van der Waals surface area contributed by atoms with Crippen molar-refractivity contribution in [1.82, 2.24) is 29.4 Å². The molecule has 13 rings (SSSR count). The number of imide groups is 6. The molecule has 0 spiro atoms. The van der Waals surface area contributed by atoms with Crippen LogP contribution in [0.3, 0.4) is 0 Å². The summed E-state index contributed by atoms with van der Waals surface area (Å²) in [5.74, 6) is 2.83. The third-order valence-corrected chi connectivity index (χ3v) is 18.7. The van der Waals surface area contributed by atoms with E-state index in [0.717, 1.165) is 16.2 Å². The van der Waals surface area contributed by atoms with Crippen LogP contribution in [0.4, 0.5) is 0 Å². The Kier molecular flexibility index (Phi) is 45.9. The minimum Gasteiger partial charge on any atom is -0.412 e. The number of nitrogens with zero attached hydrogens (tertiary/aromatic N) is 6. The zero-order valence-corrected chi connectivity index (χ0v) is 60.5. The molecular formula is C80H136N6O13. The van der Waals surface area contributed by atoms with Crippen molar-refractivity contribution in [3.63, 3.8) is 0 Å². The molecule has 564 valence electrons. The summed E-state index contributed by atoms with van der Waals surface area (Å²) in [6, 6.07) is 4.82. The predicted octanol–water partition coefficient (Wildman–Crippen LogP) is 14.2. The highest BCUT2D eigenvalue weighted by Crippen LogP contribution is 2.56. The van der Waals surface area contributed by atoms with E-state index in [1.165, 1.54) is 53.2 Å². The summed E-state index contributed by atoms with van der Waals surface area (Å²) >= 11 is 0. The highest BCUT2D eigenvalue weighted by molar-refractivity contribution is 6.21. The van der Waals surface area contributed by atoms with Crippen LogP contribution in [0.15, 0.2) is 79.0 Å². The van der Waals surface area contributed by atoms with Crippen molar-refractivity contribution < 1.29 is 64.4 Å². The van der Waals surface area contributed by atoms with Gasteiger partial charge in [0.05, 0.1) is 58.5 Å². The maximum atomic E-state index is 12.1. The Labute approximate surface area is 601 Å². The molecule has 4 bridgehead atoms. The Morgan fingerprint density at radius 1 is 0.404 bits per heavy atom. The number of amides is 12. The first-order valence-corrected chi connectivity index (χ1v) is 32.8. The van der Waals surface area contributed by atoms with E-state index in [0.29, 0.717) is 46.3 Å². The van der Waals surface area contributed by atoms with Gasteiger partial charge in [0.15, 0.2) is 0 Å². The van der Waals surface area contributed by atoms with Crippen molar-refractivity contribution in [3.8, 4) is 12.3 Å². The van der Waals surface area contributed by atoms with Gasteiger partial charge in [0.2, 0.25) is 47.3 Å². The Bertz CT molecular complexity index is 2960. The number of terminal acetylenes is 1. The van der Waals surface area contributed by atoms with Gasteiger partial charge < -0.3 is 5.48 Å². The second-order valence-electron chi connectivity index (χ2n) is 24.1. The summed E-state index contributed by atoms with van der Waals surface area (Å²) in [5.41, 5.74) is 0.986. The van der Waals surface area contributed by atoms with Crippen LogP contribution >= 0.6 is 0 Å². The first kappa shape index (κ1) is 102. The van der Waals surface area contributed by atoms with Crippen LogP contribution in [0.5, 0.6) is 0 Å². The van der Waals surface area contributed by atoms with Gasteiger partial charge in [-0.25, -0.2) is 0 Å². The highest BCUT2D eigenvalue weighted by atomic mass is 16.2. The molecule has 99 heavy (non-hydrogen) atoms. The number of likely N-dealkylation sites (N-methyl/N-ethyl adjacent to an activating group) is 1. The summed E-state index contributed by atoms with van der Waals surface area (Å²) in [7, 11) is 10.5. The van der Waals surface area contributed by atoms with Crippen molar-refractivity contribution >= 4 is 70.9 Å². The lowest BCUT2D eigenvalue weighted by atomic mass is 9.59. The zero-order valence-electron chi connectivity index (χ0n) is 61.5. The molecule has 6 aliphatic heterocycles. The molecule has 12 amide bonds. The number of benzene rings is 1. The lowest BCUT2D eigenvalue weighted by Crippen LogP contribution is -2.42. The lowest BCUT2D eigenvalue weighted by molar-refractivity contribution is -0.140. The molecule has 6 heterocycles. The van der Waals surface area contributed by atoms with Gasteiger partial charge in [-0.05, 0) is 76.9 Å². The van der Waals surface area contributed by atoms with Crippen molar-refractivity contribution in [2.75, 3.05) is 42.3 Å². The largest absolute Gasteiger partial charge is 0.412 e. The van der Waals surface area contributed by atoms with Crippen molar-refractivity contribution in [3.05, 3.63) is 95.6 Å². The SMILES string of the molecule is C.C.C.C.C.C.C#Cc1ccc2c(c1)C(=O)N(C)C2=O.CC.CC.CC.CC.CC.CC.CC1C2C=CC1C1C(=O)N(C)C(=O)C21.CC1C=CC(C)C2C(=O)N(C)C(=O)C12.CN1C(=O)C2C(C1=O)C(C)(C)C=CC2(C)C.CN1C(=O)C2C3C=CC(C3)C2C1=O.CN1C(=O)C=CC1=O.O.[3H]C. The lowest BCUT2D eigenvalue weighted by Gasteiger charge is -2.41. The fraction of sp³-hybridized carbons (Fsp3) is 0.625. The van der Waals surface area contributed by atoms with Crippen molar-refractivity contribution in [2.24, 2.45) is 99.6 Å². The normalized spacial score (nSPS) is 28.6. The van der Waals surface area contributed by atoms with E-state index >= 15 is 0 Å². The molecule has 6 aliphatic carbocycles. The molecular weight excluding hydrogens is 1250 g/mol.